The topological polar surface area (TPSA) is 113 Å². The summed E-state index contributed by atoms with van der Waals surface area (Å²) in [7, 11) is 0. The first-order chi connectivity index (χ1) is 18.2. The largest absolute Gasteiger partial charge is 0.381 e. The number of amides is 1. The molecule has 1 fully saturated rings. The molecule has 0 saturated carbocycles. The summed E-state index contributed by atoms with van der Waals surface area (Å²) in [4.78, 5) is 24.7. The molecule has 3 heterocycles. The molecule has 38 heavy (non-hydrogen) atoms. The second kappa shape index (κ2) is 10.7. The maximum absolute atomic E-state index is 14.9. The van der Waals surface area contributed by atoms with Crippen molar-refractivity contribution in [3.8, 4) is 11.4 Å². The molecule has 0 radical (unpaired) electrons. The third kappa shape index (κ3) is 5.22. The summed E-state index contributed by atoms with van der Waals surface area (Å²) in [5, 5.41) is 19.8. The van der Waals surface area contributed by atoms with Gasteiger partial charge in [0, 0.05) is 53.9 Å². The van der Waals surface area contributed by atoms with Crippen molar-refractivity contribution >= 4 is 21.8 Å². The number of halogens is 3. The van der Waals surface area contributed by atoms with Gasteiger partial charge in [-0.25, -0.2) is 18.4 Å². The van der Waals surface area contributed by atoms with Crippen LogP contribution in [0.1, 0.15) is 23.2 Å². The highest BCUT2D eigenvalue weighted by Gasteiger charge is 2.43. The average molecular weight is 588 g/mol. The Morgan fingerprint density at radius 2 is 1.89 bits per heavy atom. The molecule has 1 amide bonds. The number of nitrogens with zero attached hydrogens (tertiary/aromatic N) is 7. The van der Waals surface area contributed by atoms with Gasteiger partial charge in [0.25, 0.3) is 0 Å². The molecule has 198 valence electrons. The number of piperazine rings is 1. The van der Waals surface area contributed by atoms with Gasteiger partial charge in [0.05, 0.1) is 6.54 Å². The number of aromatic nitrogens is 5. The van der Waals surface area contributed by atoms with Crippen LogP contribution in [0.5, 0.6) is 0 Å². The Kier molecular flexibility index (Phi) is 7.32. The van der Waals surface area contributed by atoms with Gasteiger partial charge in [0.15, 0.2) is 0 Å². The van der Waals surface area contributed by atoms with Crippen molar-refractivity contribution in [3.05, 3.63) is 82.7 Å². The first kappa shape index (κ1) is 26.1. The van der Waals surface area contributed by atoms with E-state index in [1.54, 1.807) is 11.8 Å². The quantitative estimate of drug-likeness (QED) is 0.351. The van der Waals surface area contributed by atoms with Crippen LogP contribution in [0, 0.1) is 11.6 Å². The fourth-order valence-electron chi connectivity index (χ4n) is 4.62. The molecule has 1 N–H and O–H groups in total. The van der Waals surface area contributed by atoms with Gasteiger partial charge >= 0.3 is 11.8 Å². The number of hydrogen-bond donors (Lipinski definition) is 1. The highest BCUT2D eigenvalue weighted by Crippen LogP contribution is 2.33. The van der Waals surface area contributed by atoms with Gasteiger partial charge in [-0.05, 0) is 37.3 Å². The zero-order chi connectivity index (χ0) is 26.9. The lowest BCUT2D eigenvalue weighted by atomic mass is 9.85. The predicted molar refractivity (Wildman–Crippen MR) is 135 cm³/mol. The van der Waals surface area contributed by atoms with Gasteiger partial charge in [0.2, 0.25) is 5.82 Å². The van der Waals surface area contributed by atoms with E-state index in [0.717, 1.165) is 16.6 Å². The molecule has 0 bridgehead atoms. The van der Waals surface area contributed by atoms with Gasteiger partial charge in [0.1, 0.15) is 29.9 Å². The average Bonchev–Trinajstić information content (AvgIpc) is 3.61. The highest BCUT2D eigenvalue weighted by atomic mass is 79.9. The van der Waals surface area contributed by atoms with E-state index in [1.165, 1.54) is 23.4 Å². The van der Waals surface area contributed by atoms with Crippen LogP contribution >= 0.6 is 15.9 Å². The van der Waals surface area contributed by atoms with Gasteiger partial charge in [-0.2, -0.15) is 10.1 Å². The van der Waals surface area contributed by atoms with Crippen LogP contribution in [0.25, 0.3) is 11.4 Å². The number of benzene rings is 2. The van der Waals surface area contributed by atoms with Crippen molar-refractivity contribution in [2.75, 3.05) is 26.2 Å². The molecule has 1 aliphatic rings. The second-order valence-corrected chi connectivity index (χ2v) is 9.99. The molecule has 2 aromatic heterocycles. The van der Waals surface area contributed by atoms with Crippen molar-refractivity contribution in [2.24, 2.45) is 0 Å². The van der Waals surface area contributed by atoms with Crippen molar-refractivity contribution in [3.63, 3.8) is 0 Å². The minimum Gasteiger partial charge on any atom is -0.381 e. The fraction of sp³-hybridized carbons (Fsp3) is 0.320. The van der Waals surface area contributed by atoms with E-state index in [-0.39, 0.29) is 18.0 Å². The smallest absolute Gasteiger partial charge is 0.316 e. The first-order valence-corrected chi connectivity index (χ1v) is 12.7. The number of rotatable bonds is 7. The number of hydrogen-bond acceptors (Lipinski definition) is 8. The summed E-state index contributed by atoms with van der Waals surface area (Å²) >= 11 is 3.37. The molecule has 1 saturated heterocycles. The summed E-state index contributed by atoms with van der Waals surface area (Å²) < 4.78 is 36.0. The summed E-state index contributed by atoms with van der Waals surface area (Å²) in [6.07, 6.45) is 2.73. The third-order valence-electron chi connectivity index (χ3n) is 6.82. The molecule has 2 aromatic carbocycles. The molecular weight excluding hydrogens is 564 g/mol. The Morgan fingerprint density at radius 3 is 2.55 bits per heavy atom. The highest BCUT2D eigenvalue weighted by molar-refractivity contribution is 9.10. The molecule has 5 rings (SSSR count). The normalized spacial score (nSPS) is 16.8. The van der Waals surface area contributed by atoms with Crippen LogP contribution in [0.3, 0.4) is 0 Å². The Labute approximate surface area is 225 Å². The van der Waals surface area contributed by atoms with E-state index >= 15 is 0 Å². The van der Waals surface area contributed by atoms with Crippen LogP contribution in [0.15, 0.2) is 64.1 Å². The van der Waals surface area contributed by atoms with Gasteiger partial charge < -0.3 is 14.5 Å². The Bertz CT molecular complexity index is 1410. The first-order valence-electron chi connectivity index (χ1n) is 11.9. The lowest BCUT2D eigenvalue weighted by Crippen LogP contribution is -2.58. The van der Waals surface area contributed by atoms with Crippen LogP contribution in [0.4, 0.5) is 8.78 Å². The van der Waals surface area contributed by atoms with E-state index in [1.807, 2.05) is 29.2 Å². The van der Waals surface area contributed by atoms with Crippen LogP contribution in [-0.4, -0.2) is 77.9 Å². The Balaban J connectivity index is 1.30. The fourth-order valence-corrected chi connectivity index (χ4v) is 4.88. The molecule has 10 nitrogen and oxygen atoms in total. The Morgan fingerprint density at radius 1 is 1.16 bits per heavy atom. The number of aliphatic hydroxyl groups is 1. The molecular formula is C25H24BrF2N7O3. The monoisotopic (exact) mass is 587 g/mol. The number of carbonyl (C=O) groups excluding carboxylic acids is 1. The zero-order valence-corrected chi connectivity index (χ0v) is 21.9. The summed E-state index contributed by atoms with van der Waals surface area (Å²) in [6, 6.07) is 9.80. The lowest BCUT2D eigenvalue weighted by Gasteiger charge is -2.44. The van der Waals surface area contributed by atoms with Crippen LogP contribution in [-0.2, 0) is 12.1 Å². The van der Waals surface area contributed by atoms with Crippen molar-refractivity contribution in [2.45, 2.75) is 25.1 Å². The van der Waals surface area contributed by atoms with E-state index in [9.17, 15) is 18.7 Å². The molecule has 0 aliphatic carbocycles. The van der Waals surface area contributed by atoms with Crippen molar-refractivity contribution < 1.29 is 23.2 Å². The van der Waals surface area contributed by atoms with Crippen LogP contribution < -0.4 is 0 Å². The maximum Gasteiger partial charge on any atom is 0.316 e. The predicted octanol–water partition coefficient (Wildman–Crippen LogP) is 3.10. The van der Waals surface area contributed by atoms with Gasteiger partial charge in [-0.3, -0.25) is 9.69 Å². The summed E-state index contributed by atoms with van der Waals surface area (Å²) in [5.74, 6) is -1.78. The summed E-state index contributed by atoms with van der Waals surface area (Å²) in [5.41, 5.74) is -1.09. The molecule has 13 heteroatoms. The molecule has 1 aliphatic heterocycles. The molecule has 4 aromatic rings. The summed E-state index contributed by atoms with van der Waals surface area (Å²) in [6.45, 7) is 3.09. The van der Waals surface area contributed by atoms with E-state index < -0.39 is 29.2 Å². The molecule has 2 unspecified atom stereocenters. The van der Waals surface area contributed by atoms with E-state index in [0.29, 0.717) is 37.6 Å². The Hall–Kier alpha value is -3.55. The standard InChI is InChI=1S/C25H24BrF2N7O3/c1-16(25(37,13-35-15-29-14-30-35)20-7-6-19(27)12-21(20)28)33-8-10-34(11-9-33)24(36)23-31-22(32-38-23)17-2-4-18(26)5-3-17/h2-7,12,14-16,37H,8-11,13H2,1H3. The van der Waals surface area contributed by atoms with Crippen LogP contribution in [0.2, 0.25) is 0 Å². The molecule has 2 atom stereocenters. The van der Waals surface area contributed by atoms with E-state index in [4.69, 9.17) is 4.52 Å². The maximum atomic E-state index is 14.9. The third-order valence-corrected chi connectivity index (χ3v) is 7.35. The lowest BCUT2D eigenvalue weighted by molar-refractivity contribution is -0.0720. The second-order valence-electron chi connectivity index (χ2n) is 9.08. The zero-order valence-electron chi connectivity index (χ0n) is 20.3. The number of carbonyl (C=O) groups is 1. The van der Waals surface area contributed by atoms with Gasteiger partial charge in [-0.1, -0.05) is 27.2 Å². The molecule has 0 spiro atoms. The van der Waals surface area contributed by atoms with Crippen molar-refractivity contribution in [1.29, 1.82) is 0 Å². The van der Waals surface area contributed by atoms with Crippen molar-refractivity contribution in [1.82, 2.24) is 34.7 Å². The minimum atomic E-state index is -1.76. The van der Waals surface area contributed by atoms with E-state index in [2.05, 4.69) is 36.2 Å². The van der Waals surface area contributed by atoms with Gasteiger partial charge in [-0.15, -0.1) is 0 Å². The minimum absolute atomic E-state index is 0.0493. The SMILES string of the molecule is CC(N1CCN(C(=O)c2nc(-c3ccc(Br)cc3)no2)CC1)C(O)(Cn1cncn1)c1ccc(F)cc1F.